The minimum Gasteiger partial charge on any atom is -0.315 e. The van der Waals surface area contributed by atoms with E-state index in [1.54, 1.807) is 0 Å². The van der Waals surface area contributed by atoms with Crippen molar-refractivity contribution in [2.24, 2.45) is 5.92 Å². The molecule has 19 heavy (non-hydrogen) atoms. The fourth-order valence-electron chi connectivity index (χ4n) is 4.39. The van der Waals surface area contributed by atoms with Gasteiger partial charge in [0.15, 0.2) is 0 Å². The van der Waals surface area contributed by atoms with E-state index in [0.29, 0.717) is 0 Å². The minimum absolute atomic E-state index is 0.730. The Morgan fingerprint density at radius 3 is 2.68 bits per heavy atom. The summed E-state index contributed by atoms with van der Waals surface area (Å²) in [6.07, 6.45) is 12.8. The van der Waals surface area contributed by atoms with Crippen molar-refractivity contribution in [3.05, 3.63) is 0 Å². The van der Waals surface area contributed by atoms with Crippen LogP contribution in [-0.2, 0) is 0 Å². The lowest BCUT2D eigenvalue weighted by Gasteiger charge is -2.45. The molecule has 0 aromatic heterocycles. The van der Waals surface area contributed by atoms with E-state index < -0.39 is 0 Å². The van der Waals surface area contributed by atoms with Gasteiger partial charge in [0, 0.05) is 18.1 Å². The normalized spacial score (nSPS) is 38.1. The lowest BCUT2D eigenvalue weighted by molar-refractivity contribution is 0.0681. The van der Waals surface area contributed by atoms with Crippen LogP contribution in [0.4, 0.5) is 0 Å². The van der Waals surface area contributed by atoms with E-state index in [1.807, 2.05) is 0 Å². The Morgan fingerprint density at radius 1 is 1.11 bits per heavy atom. The quantitative estimate of drug-likeness (QED) is 0.832. The van der Waals surface area contributed by atoms with Crippen LogP contribution in [-0.4, -0.2) is 36.6 Å². The minimum atomic E-state index is 0.730. The zero-order valence-electron chi connectivity index (χ0n) is 13.3. The van der Waals surface area contributed by atoms with E-state index >= 15 is 0 Å². The molecule has 1 saturated carbocycles. The van der Waals surface area contributed by atoms with Crippen molar-refractivity contribution >= 4 is 0 Å². The number of hydrogen-bond acceptors (Lipinski definition) is 2. The molecule has 2 heteroatoms. The summed E-state index contributed by atoms with van der Waals surface area (Å²) in [5.41, 5.74) is 0. The molecule has 1 N–H and O–H groups in total. The van der Waals surface area contributed by atoms with Gasteiger partial charge in [-0.2, -0.15) is 0 Å². The van der Waals surface area contributed by atoms with Gasteiger partial charge in [-0.3, -0.25) is 4.90 Å². The van der Waals surface area contributed by atoms with Gasteiger partial charge in [-0.1, -0.05) is 32.6 Å². The highest BCUT2D eigenvalue weighted by Gasteiger charge is 2.35. The monoisotopic (exact) mass is 266 g/mol. The highest BCUT2D eigenvalue weighted by molar-refractivity contribution is 4.92. The van der Waals surface area contributed by atoms with E-state index in [9.17, 15) is 0 Å². The van der Waals surface area contributed by atoms with Crippen LogP contribution >= 0.6 is 0 Å². The third-order valence-electron chi connectivity index (χ3n) is 5.52. The molecular formula is C17H34N2. The van der Waals surface area contributed by atoms with E-state index in [4.69, 9.17) is 0 Å². The fourth-order valence-corrected chi connectivity index (χ4v) is 4.39. The molecule has 0 bridgehead atoms. The van der Waals surface area contributed by atoms with Gasteiger partial charge in [0.05, 0.1) is 0 Å². The SMILES string of the molecule is CCCC1CCC(NC)C(N2CCCCCC2C)C1. The van der Waals surface area contributed by atoms with Crippen molar-refractivity contribution in [3.8, 4) is 0 Å². The Labute approximate surface area is 120 Å². The first-order chi connectivity index (χ1) is 9.26. The first-order valence-corrected chi connectivity index (χ1v) is 8.69. The predicted molar refractivity (Wildman–Crippen MR) is 83.5 cm³/mol. The molecule has 0 aromatic carbocycles. The van der Waals surface area contributed by atoms with Crippen molar-refractivity contribution < 1.29 is 0 Å². The third-order valence-corrected chi connectivity index (χ3v) is 5.52. The number of hydrogen-bond donors (Lipinski definition) is 1. The second-order valence-corrected chi connectivity index (χ2v) is 6.87. The molecule has 0 amide bonds. The zero-order valence-corrected chi connectivity index (χ0v) is 13.3. The van der Waals surface area contributed by atoms with Crippen LogP contribution < -0.4 is 5.32 Å². The molecule has 1 aliphatic heterocycles. The summed E-state index contributed by atoms with van der Waals surface area (Å²) in [5.74, 6) is 0.982. The van der Waals surface area contributed by atoms with E-state index in [1.165, 1.54) is 64.3 Å². The highest BCUT2D eigenvalue weighted by Crippen LogP contribution is 2.33. The molecule has 2 rings (SSSR count). The lowest BCUT2D eigenvalue weighted by atomic mass is 9.79. The molecule has 4 unspecified atom stereocenters. The van der Waals surface area contributed by atoms with E-state index in [2.05, 4.69) is 31.1 Å². The molecule has 0 spiro atoms. The molecule has 1 heterocycles. The smallest absolute Gasteiger partial charge is 0.0254 e. The summed E-state index contributed by atoms with van der Waals surface area (Å²) in [5, 5.41) is 3.61. The maximum absolute atomic E-state index is 3.61. The Balaban J connectivity index is 2.03. The number of likely N-dealkylation sites (tertiary alicyclic amines) is 1. The van der Waals surface area contributed by atoms with Crippen molar-refractivity contribution in [2.75, 3.05) is 13.6 Å². The standard InChI is InChI=1S/C17H34N2/c1-4-8-15-10-11-16(18-3)17(13-15)19-12-7-5-6-9-14(19)2/h14-18H,4-13H2,1-3H3. The van der Waals surface area contributed by atoms with Gasteiger partial charge >= 0.3 is 0 Å². The van der Waals surface area contributed by atoms with E-state index in [0.717, 1.165) is 24.0 Å². The van der Waals surface area contributed by atoms with Gasteiger partial charge in [-0.05, 0) is 58.5 Å². The molecule has 2 fully saturated rings. The second-order valence-electron chi connectivity index (χ2n) is 6.87. The van der Waals surface area contributed by atoms with Crippen molar-refractivity contribution in [2.45, 2.75) is 89.8 Å². The Kier molecular flexibility index (Phi) is 6.15. The van der Waals surface area contributed by atoms with Crippen LogP contribution in [0.3, 0.4) is 0 Å². The average Bonchev–Trinajstić information content (AvgIpc) is 2.64. The summed E-state index contributed by atoms with van der Waals surface area (Å²) in [7, 11) is 2.17. The summed E-state index contributed by atoms with van der Waals surface area (Å²) in [6.45, 7) is 6.14. The Bertz CT molecular complexity index is 254. The summed E-state index contributed by atoms with van der Waals surface area (Å²) in [4.78, 5) is 2.86. The molecule has 0 aromatic rings. The van der Waals surface area contributed by atoms with Gasteiger partial charge in [0.2, 0.25) is 0 Å². The van der Waals surface area contributed by atoms with Gasteiger partial charge in [-0.25, -0.2) is 0 Å². The molecule has 1 saturated heterocycles. The molecule has 4 atom stereocenters. The number of rotatable bonds is 4. The first-order valence-electron chi connectivity index (χ1n) is 8.69. The summed E-state index contributed by atoms with van der Waals surface area (Å²) in [6, 6.07) is 2.32. The van der Waals surface area contributed by atoms with Crippen molar-refractivity contribution in [3.63, 3.8) is 0 Å². The van der Waals surface area contributed by atoms with Gasteiger partial charge < -0.3 is 5.32 Å². The maximum atomic E-state index is 3.61. The maximum Gasteiger partial charge on any atom is 0.0254 e. The fraction of sp³-hybridized carbons (Fsp3) is 1.00. The molecule has 0 radical (unpaired) electrons. The largest absolute Gasteiger partial charge is 0.315 e. The van der Waals surface area contributed by atoms with Crippen LogP contribution in [0.25, 0.3) is 0 Å². The molecule has 2 nitrogen and oxygen atoms in total. The number of nitrogens with zero attached hydrogens (tertiary/aromatic N) is 1. The van der Waals surface area contributed by atoms with Crippen LogP contribution in [0.5, 0.6) is 0 Å². The molecule has 1 aliphatic carbocycles. The van der Waals surface area contributed by atoms with Gasteiger partial charge in [0.25, 0.3) is 0 Å². The van der Waals surface area contributed by atoms with Crippen LogP contribution in [0, 0.1) is 5.92 Å². The van der Waals surface area contributed by atoms with E-state index in [-0.39, 0.29) is 0 Å². The lowest BCUT2D eigenvalue weighted by Crippen LogP contribution is -2.55. The topological polar surface area (TPSA) is 15.3 Å². The predicted octanol–water partition coefficient (Wildman–Crippen LogP) is 3.81. The number of nitrogens with one attached hydrogen (secondary N) is 1. The highest BCUT2D eigenvalue weighted by atomic mass is 15.2. The van der Waals surface area contributed by atoms with Crippen LogP contribution in [0.1, 0.15) is 71.6 Å². The van der Waals surface area contributed by atoms with Crippen LogP contribution in [0.2, 0.25) is 0 Å². The van der Waals surface area contributed by atoms with Gasteiger partial charge in [0.1, 0.15) is 0 Å². The molecule has 2 aliphatic rings. The summed E-state index contributed by atoms with van der Waals surface area (Å²) < 4.78 is 0. The van der Waals surface area contributed by atoms with Crippen LogP contribution in [0.15, 0.2) is 0 Å². The van der Waals surface area contributed by atoms with Crippen molar-refractivity contribution in [1.82, 2.24) is 10.2 Å². The molecule has 112 valence electrons. The number of likely N-dealkylation sites (N-methyl/N-ethyl adjacent to an activating group) is 1. The second kappa shape index (κ2) is 7.64. The van der Waals surface area contributed by atoms with Crippen molar-refractivity contribution in [1.29, 1.82) is 0 Å². The van der Waals surface area contributed by atoms with Gasteiger partial charge in [-0.15, -0.1) is 0 Å². The Morgan fingerprint density at radius 2 is 1.95 bits per heavy atom. The summed E-state index contributed by atoms with van der Waals surface area (Å²) >= 11 is 0. The molecular weight excluding hydrogens is 232 g/mol. The average molecular weight is 266 g/mol. The Hall–Kier alpha value is -0.0800. The third kappa shape index (κ3) is 3.95. The first kappa shape index (κ1) is 15.3. The zero-order chi connectivity index (χ0) is 13.7.